The van der Waals surface area contributed by atoms with Crippen LogP contribution in [0.2, 0.25) is 0 Å². The lowest BCUT2D eigenvalue weighted by atomic mass is 10.0. The quantitative estimate of drug-likeness (QED) is 0.767. The second-order valence-electron chi connectivity index (χ2n) is 4.18. The molecule has 0 aromatic carbocycles. The molecule has 3 heteroatoms. The van der Waals surface area contributed by atoms with Gasteiger partial charge in [0.15, 0.2) is 0 Å². The van der Waals surface area contributed by atoms with Gasteiger partial charge in [0.2, 0.25) is 0 Å². The van der Waals surface area contributed by atoms with Gasteiger partial charge in [-0.05, 0) is 30.7 Å². The maximum Gasteiger partial charge on any atom is 0.125 e. The molecule has 2 rings (SSSR count). The highest BCUT2D eigenvalue weighted by Gasteiger charge is 2.40. The molecule has 0 spiro atoms. The van der Waals surface area contributed by atoms with E-state index < -0.39 is 0 Å². The minimum atomic E-state index is 0.567. The highest BCUT2D eigenvalue weighted by Crippen LogP contribution is 2.48. The Hall–Kier alpha value is -1.25. The molecule has 1 aromatic heterocycles. The number of nitrogens with zero attached hydrogens (tertiary/aromatic N) is 1. The van der Waals surface area contributed by atoms with Crippen molar-refractivity contribution >= 4 is 11.5 Å². The first-order valence-corrected chi connectivity index (χ1v) is 5.19. The maximum atomic E-state index is 5.59. The van der Waals surface area contributed by atoms with Gasteiger partial charge in [-0.25, -0.2) is 4.98 Å². The average molecular weight is 191 g/mol. The molecule has 0 amide bonds. The van der Waals surface area contributed by atoms with Crippen molar-refractivity contribution in [3.8, 4) is 0 Å². The summed E-state index contributed by atoms with van der Waals surface area (Å²) >= 11 is 0. The number of hydrogen-bond acceptors (Lipinski definition) is 3. The summed E-state index contributed by atoms with van der Waals surface area (Å²) in [6, 6.07) is 3.84. The van der Waals surface area contributed by atoms with Crippen LogP contribution in [0.5, 0.6) is 0 Å². The maximum absolute atomic E-state index is 5.59. The zero-order valence-corrected chi connectivity index (χ0v) is 8.59. The van der Waals surface area contributed by atoms with Gasteiger partial charge in [0, 0.05) is 24.5 Å². The third-order valence-electron chi connectivity index (χ3n) is 3.16. The van der Waals surface area contributed by atoms with E-state index in [1.807, 2.05) is 12.1 Å². The van der Waals surface area contributed by atoms with Crippen molar-refractivity contribution in [2.75, 3.05) is 17.6 Å². The highest BCUT2D eigenvalue weighted by molar-refractivity contribution is 5.49. The molecule has 76 valence electrons. The highest BCUT2D eigenvalue weighted by atomic mass is 14.9. The predicted molar refractivity (Wildman–Crippen MR) is 59.1 cm³/mol. The van der Waals surface area contributed by atoms with E-state index in [4.69, 9.17) is 5.73 Å². The fourth-order valence-corrected chi connectivity index (χ4v) is 1.68. The number of nitrogens with two attached hydrogens (primary N) is 1. The predicted octanol–water partition coefficient (Wildman–Crippen LogP) is 2.27. The molecule has 1 aliphatic carbocycles. The lowest BCUT2D eigenvalue weighted by molar-refractivity contribution is 0.521. The molecule has 1 aromatic rings. The molecule has 0 radical (unpaired) electrons. The normalized spacial score (nSPS) is 17.8. The Morgan fingerprint density at radius 2 is 2.36 bits per heavy atom. The van der Waals surface area contributed by atoms with Gasteiger partial charge in [-0.1, -0.05) is 6.92 Å². The summed E-state index contributed by atoms with van der Waals surface area (Å²) in [6.07, 6.45) is 5.72. The van der Waals surface area contributed by atoms with E-state index in [1.54, 1.807) is 6.20 Å². The minimum Gasteiger partial charge on any atom is -0.384 e. The SMILES string of the molecule is CCC1(CNc2ccnc(N)c2)CC1. The molecule has 0 unspecified atom stereocenters. The van der Waals surface area contributed by atoms with Gasteiger partial charge in [-0.3, -0.25) is 0 Å². The van der Waals surface area contributed by atoms with Gasteiger partial charge >= 0.3 is 0 Å². The Morgan fingerprint density at radius 1 is 1.57 bits per heavy atom. The minimum absolute atomic E-state index is 0.567. The molecule has 0 atom stereocenters. The molecule has 0 saturated heterocycles. The summed E-state index contributed by atoms with van der Waals surface area (Å²) in [6.45, 7) is 3.32. The second kappa shape index (κ2) is 3.48. The number of nitrogen functional groups attached to an aromatic ring is 1. The van der Waals surface area contributed by atoms with Crippen LogP contribution in [-0.4, -0.2) is 11.5 Å². The zero-order chi connectivity index (χ0) is 10.0. The summed E-state index contributed by atoms with van der Waals surface area (Å²) in [7, 11) is 0. The Bertz CT molecular complexity index is 318. The Balaban J connectivity index is 1.92. The number of anilines is 2. The fraction of sp³-hybridized carbons (Fsp3) is 0.545. The molecular weight excluding hydrogens is 174 g/mol. The van der Waals surface area contributed by atoms with Crippen LogP contribution in [0.1, 0.15) is 26.2 Å². The largest absolute Gasteiger partial charge is 0.384 e. The van der Waals surface area contributed by atoms with Crippen LogP contribution in [0.4, 0.5) is 11.5 Å². The van der Waals surface area contributed by atoms with E-state index in [0.717, 1.165) is 12.2 Å². The number of hydrogen-bond donors (Lipinski definition) is 2. The van der Waals surface area contributed by atoms with Gasteiger partial charge in [-0.15, -0.1) is 0 Å². The smallest absolute Gasteiger partial charge is 0.125 e. The zero-order valence-electron chi connectivity index (χ0n) is 8.59. The van der Waals surface area contributed by atoms with Crippen LogP contribution in [0.3, 0.4) is 0 Å². The van der Waals surface area contributed by atoms with Crippen LogP contribution in [0.25, 0.3) is 0 Å². The van der Waals surface area contributed by atoms with E-state index in [1.165, 1.54) is 19.3 Å². The van der Waals surface area contributed by atoms with Crippen LogP contribution >= 0.6 is 0 Å². The number of pyridine rings is 1. The second-order valence-corrected chi connectivity index (χ2v) is 4.18. The monoisotopic (exact) mass is 191 g/mol. The van der Waals surface area contributed by atoms with E-state index >= 15 is 0 Å². The Labute approximate surface area is 84.7 Å². The number of aromatic nitrogens is 1. The van der Waals surface area contributed by atoms with Crippen molar-refractivity contribution in [3.05, 3.63) is 18.3 Å². The molecule has 1 heterocycles. The van der Waals surface area contributed by atoms with E-state index in [0.29, 0.717) is 11.2 Å². The summed E-state index contributed by atoms with van der Waals surface area (Å²) in [4.78, 5) is 3.96. The molecule has 1 saturated carbocycles. The van der Waals surface area contributed by atoms with Gasteiger partial charge in [0.05, 0.1) is 0 Å². The number of rotatable bonds is 4. The fourth-order valence-electron chi connectivity index (χ4n) is 1.68. The first-order valence-electron chi connectivity index (χ1n) is 5.19. The third kappa shape index (κ3) is 1.97. The van der Waals surface area contributed by atoms with Crippen molar-refractivity contribution in [3.63, 3.8) is 0 Å². The van der Waals surface area contributed by atoms with E-state index in [2.05, 4.69) is 17.2 Å². The first-order chi connectivity index (χ1) is 6.74. The lowest BCUT2D eigenvalue weighted by Crippen LogP contribution is -2.14. The molecular formula is C11H17N3. The first kappa shape index (κ1) is 9.31. The van der Waals surface area contributed by atoms with Gasteiger partial charge in [0.1, 0.15) is 5.82 Å². The molecule has 0 aliphatic heterocycles. The van der Waals surface area contributed by atoms with Crippen molar-refractivity contribution in [1.29, 1.82) is 0 Å². The molecule has 3 nitrogen and oxygen atoms in total. The standard InChI is InChI=1S/C11H17N3/c1-2-11(4-5-11)8-14-9-3-6-13-10(12)7-9/h3,6-7H,2,4-5,8H2,1H3,(H3,12,13,14). The van der Waals surface area contributed by atoms with Gasteiger partial charge in [-0.2, -0.15) is 0 Å². The van der Waals surface area contributed by atoms with Crippen LogP contribution < -0.4 is 11.1 Å². The third-order valence-corrected chi connectivity index (χ3v) is 3.16. The summed E-state index contributed by atoms with van der Waals surface area (Å²) < 4.78 is 0. The van der Waals surface area contributed by atoms with Gasteiger partial charge in [0.25, 0.3) is 0 Å². The topological polar surface area (TPSA) is 50.9 Å². The van der Waals surface area contributed by atoms with Crippen LogP contribution in [0, 0.1) is 5.41 Å². The summed E-state index contributed by atoms with van der Waals surface area (Å²) in [5, 5.41) is 3.42. The number of nitrogens with one attached hydrogen (secondary N) is 1. The Morgan fingerprint density at radius 3 is 2.93 bits per heavy atom. The molecule has 3 N–H and O–H groups in total. The molecule has 14 heavy (non-hydrogen) atoms. The lowest BCUT2D eigenvalue weighted by Gasteiger charge is -2.14. The van der Waals surface area contributed by atoms with Crippen molar-refractivity contribution in [2.24, 2.45) is 5.41 Å². The van der Waals surface area contributed by atoms with E-state index in [-0.39, 0.29) is 0 Å². The molecule has 0 bridgehead atoms. The Kier molecular flexibility index (Phi) is 2.32. The van der Waals surface area contributed by atoms with Crippen LogP contribution in [-0.2, 0) is 0 Å². The van der Waals surface area contributed by atoms with Crippen molar-refractivity contribution in [1.82, 2.24) is 4.98 Å². The molecule has 1 fully saturated rings. The van der Waals surface area contributed by atoms with Gasteiger partial charge < -0.3 is 11.1 Å². The van der Waals surface area contributed by atoms with Crippen LogP contribution in [0.15, 0.2) is 18.3 Å². The van der Waals surface area contributed by atoms with E-state index in [9.17, 15) is 0 Å². The van der Waals surface area contributed by atoms with Crippen molar-refractivity contribution in [2.45, 2.75) is 26.2 Å². The van der Waals surface area contributed by atoms with Crippen molar-refractivity contribution < 1.29 is 0 Å². The average Bonchev–Trinajstić information content (AvgIpc) is 2.96. The summed E-state index contributed by atoms with van der Waals surface area (Å²) in [5.41, 5.74) is 7.24. The summed E-state index contributed by atoms with van der Waals surface area (Å²) in [5.74, 6) is 0.580. The molecule has 1 aliphatic rings.